The van der Waals surface area contributed by atoms with Crippen molar-refractivity contribution >= 4 is 17.5 Å². The Labute approximate surface area is 178 Å². The molecule has 1 atom stereocenters. The average Bonchev–Trinajstić information content (AvgIpc) is 3.07. The number of carbonyl (C=O) groups is 1. The van der Waals surface area contributed by atoms with Crippen LogP contribution in [0.5, 0.6) is 0 Å². The molecule has 0 aliphatic carbocycles. The molecule has 1 amide bonds. The van der Waals surface area contributed by atoms with Crippen LogP contribution >= 0.6 is 11.6 Å². The van der Waals surface area contributed by atoms with E-state index in [0.29, 0.717) is 45.0 Å². The molecule has 0 bridgehead atoms. The molecule has 4 rings (SSSR count). The van der Waals surface area contributed by atoms with E-state index in [9.17, 15) is 14.0 Å². The zero-order chi connectivity index (χ0) is 21.1. The SMILES string of the molecule is O=C(NCCN1CCOCC1)C1CCCn2c1nn(Cc1c(F)cccc1Cl)c2=O. The number of fused-ring (bicyclic) bond motifs is 1. The van der Waals surface area contributed by atoms with Crippen LogP contribution in [0, 0.1) is 5.82 Å². The Morgan fingerprint density at radius 3 is 2.87 bits per heavy atom. The molecule has 1 fully saturated rings. The van der Waals surface area contributed by atoms with Gasteiger partial charge in [0.1, 0.15) is 11.6 Å². The fourth-order valence-electron chi connectivity index (χ4n) is 3.98. The van der Waals surface area contributed by atoms with E-state index in [1.54, 1.807) is 6.07 Å². The first kappa shape index (κ1) is 21.0. The third kappa shape index (κ3) is 4.43. The van der Waals surface area contributed by atoms with Gasteiger partial charge in [0.15, 0.2) is 0 Å². The smallest absolute Gasteiger partial charge is 0.346 e. The molecule has 2 aliphatic rings. The van der Waals surface area contributed by atoms with Crippen molar-refractivity contribution in [1.29, 1.82) is 0 Å². The maximum atomic E-state index is 14.1. The molecule has 1 aromatic carbocycles. The van der Waals surface area contributed by atoms with Gasteiger partial charge in [0.25, 0.3) is 0 Å². The van der Waals surface area contributed by atoms with Crippen LogP contribution in [0.3, 0.4) is 0 Å². The number of hydrogen-bond acceptors (Lipinski definition) is 5. The molecule has 1 N–H and O–H groups in total. The second kappa shape index (κ2) is 9.28. The van der Waals surface area contributed by atoms with E-state index in [0.717, 1.165) is 19.6 Å². The van der Waals surface area contributed by atoms with Crippen molar-refractivity contribution < 1.29 is 13.9 Å². The first-order valence-corrected chi connectivity index (χ1v) is 10.6. The quantitative estimate of drug-likeness (QED) is 0.734. The third-order valence-corrected chi connectivity index (χ3v) is 6.01. The maximum absolute atomic E-state index is 14.1. The van der Waals surface area contributed by atoms with Crippen LogP contribution in [0.25, 0.3) is 0 Å². The summed E-state index contributed by atoms with van der Waals surface area (Å²) in [6, 6.07) is 4.39. The summed E-state index contributed by atoms with van der Waals surface area (Å²) < 4.78 is 22.2. The van der Waals surface area contributed by atoms with Crippen LogP contribution in [-0.2, 0) is 22.6 Å². The molecule has 1 unspecified atom stereocenters. The second-order valence-corrected chi connectivity index (χ2v) is 8.00. The summed E-state index contributed by atoms with van der Waals surface area (Å²) >= 11 is 6.09. The number of ether oxygens (including phenoxy) is 1. The summed E-state index contributed by atoms with van der Waals surface area (Å²) in [7, 11) is 0. The molecule has 10 heteroatoms. The summed E-state index contributed by atoms with van der Waals surface area (Å²) in [6.07, 6.45) is 1.33. The third-order valence-electron chi connectivity index (χ3n) is 5.65. The van der Waals surface area contributed by atoms with Crippen molar-refractivity contribution in [3.05, 3.63) is 50.9 Å². The Balaban J connectivity index is 1.46. The number of rotatable bonds is 6. The Bertz CT molecular complexity index is 950. The van der Waals surface area contributed by atoms with Gasteiger partial charge in [0.2, 0.25) is 5.91 Å². The number of nitrogens with one attached hydrogen (secondary N) is 1. The van der Waals surface area contributed by atoms with Crippen molar-refractivity contribution in [2.45, 2.75) is 31.8 Å². The van der Waals surface area contributed by atoms with Crippen molar-refractivity contribution in [3.63, 3.8) is 0 Å². The van der Waals surface area contributed by atoms with E-state index in [-0.39, 0.29) is 28.7 Å². The highest BCUT2D eigenvalue weighted by Crippen LogP contribution is 2.25. The topological polar surface area (TPSA) is 81.4 Å². The average molecular weight is 438 g/mol. The highest BCUT2D eigenvalue weighted by molar-refractivity contribution is 6.31. The Morgan fingerprint density at radius 2 is 2.10 bits per heavy atom. The van der Waals surface area contributed by atoms with Gasteiger partial charge in [-0.05, 0) is 25.0 Å². The van der Waals surface area contributed by atoms with Crippen molar-refractivity contribution in [2.24, 2.45) is 0 Å². The molecule has 162 valence electrons. The summed E-state index contributed by atoms with van der Waals surface area (Å²) in [5, 5.41) is 7.59. The molecule has 2 aromatic rings. The molecule has 30 heavy (non-hydrogen) atoms. The van der Waals surface area contributed by atoms with Crippen molar-refractivity contribution in [1.82, 2.24) is 24.6 Å². The summed E-state index contributed by atoms with van der Waals surface area (Å²) in [6.45, 7) is 4.87. The zero-order valence-corrected chi connectivity index (χ0v) is 17.4. The highest BCUT2D eigenvalue weighted by Gasteiger charge is 2.31. The first-order valence-electron chi connectivity index (χ1n) is 10.2. The lowest BCUT2D eigenvalue weighted by Gasteiger charge is -2.27. The van der Waals surface area contributed by atoms with Crippen LogP contribution in [0.2, 0.25) is 5.02 Å². The number of aromatic nitrogens is 3. The van der Waals surface area contributed by atoms with Gasteiger partial charge in [-0.2, -0.15) is 5.10 Å². The minimum absolute atomic E-state index is 0.0737. The van der Waals surface area contributed by atoms with Gasteiger partial charge >= 0.3 is 5.69 Å². The number of halogens is 2. The predicted molar refractivity (Wildman–Crippen MR) is 109 cm³/mol. The minimum Gasteiger partial charge on any atom is -0.379 e. The largest absolute Gasteiger partial charge is 0.379 e. The second-order valence-electron chi connectivity index (χ2n) is 7.59. The van der Waals surface area contributed by atoms with E-state index in [4.69, 9.17) is 16.3 Å². The molecule has 0 saturated carbocycles. The molecular weight excluding hydrogens is 413 g/mol. The highest BCUT2D eigenvalue weighted by atomic mass is 35.5. The summed E-state index contributed by atoms with van der Waals surface area (Å²) in [4.78, 5) is 27.8. The monoisotopic (exact) mass is 437 g/mol. The molecule has 2 aliphatic heterocycles. The first-order chi connectivity index (χ1) is 14.5. The lowest BCUT2D eigenvalue weighted by atomic mass is 9.98. The minimum atomic E-state index is -0.492. The van der Waals surface area contributed by atoms with Crippen LogP contribution < -0.4 is 11.0 Å². The summed E-state index contributed by atoms with van der Waals surface area (Å²) in [5.41, 5.74) is -0.140. The van der Waals surface area contributed by atoms with Crippen LogP contribution in [-0.4, -0.2) is 64.5 Å². The van der Waals surface area contributed by atoms with Gasteiger partial charge in [0.05, 0.1) is 25.7 Å². The van der Waals surface area contributed by atoms with Crippen molar-refractivity contribution in [3.8, 4) is 0 Å². The molecule has 0 radical (unpaired) electrons. The number of amides is 1. The maximum Gasteiger partial charge on any atom is 0.346 e. The van der Waals surface area contributed by atoms with Gasteiger partial charge in [-0.1, -0.05) is 17.7 Å². The normalized spacial score (nSPS) is 19.5. The number of carbonyl (C=O) groups excluding carboxylic acids is 1. The number of hydrogen-bond donors (Lipinski definition) is 1. The standard InChI is InChI=1S/C20H25ClFN5O3/c21-16-4-1-5-17(22)15(16)13-27-20(29)26-7-2-3-14(18(26)24-27)19(28)23-6-8-25-9-11-30-12-10-25/h1,4-5,14H,2-3,6-13H2,(H,23,28). The molecule has 1 aromatic heterocycles. The summed E-state index contributed by atoms with van der Waals surface area (Å²) in [5.74, 6) is -0.681. The van der Waals surface area contributed by atoms with E-state index < -0.39 is 11.7 Å². The van der Waals surface area contributed by atoms with Gasteiger partial charge in [-0.3, -0.25) is 14.3 Å². The predicted octanol–water partition coefficient (Wildman–Crippen LogP) is 1.21. The Hall–Kier alpha value is -2.23. The fraction of sp³-hybridized carbons (Fsp3) is 0.550. The number of nitrogens with zero attached hydrogens (tertiary/aromatic N) is 4. The Morgan fingerprint density at radius 1 is 1.30 bits per heavy atom. The molecule has 0 spiro atoms. The van der Waals surface area contributed by atoms with E-state index in [2.05, 4.69) is 15.3 Å². The van der Waals surface area contributed by atoms with Gasteiger partial charge in [-0.25, -0.2) is 13.9 Å². The molecule has 8 nitrogen and oxygen atoms in total. The number of morpholine rings is 1. The Kier molecular flexibility index (Phi) is 6.50. The van der Waals surface area contributed by atoms with E-state index >= 15 is 0 Å². The van der Waals surface area contributed by atoms with Crippen molar-refractivity contribution in [2.75, 3.05) is 39.4 Å². The number of benzene rings is 1. The lowest BCUT2D eigenvalue weighted by molar-refractivity contribution is -0.123. The lowest BCUT2D eigenvalue weighted by Crippen LogP contribution is -2.42. The van der Waals surface area contributed by atoms with E-state index in [1.165, 1.54) is 21.4 Å². The van der Waals surface area contributed by atoms with E-state index in [1.807, 2.05) is 0 Å². The van der Waals surface area contributed by atoms with Gasteiger partial charge < -0.3 is 10.1 Å². The zero-order valence-electron chi connectivity index (χ0n) is 16.6. The van der Waals surface area contributed by atoms with Crippen LogP contribution in [0.4, 0.5) is 4.39 Å². The van der Waals surface area contributed by atoms with Gasteiger partial charge in [-0.15, -0.1) is 0 Å². The van der Waals surface area contributed by atoms with Gasteiger partial charge in [0, 0.05) is 43.3 Å². The molecule has 1 saturated heterocycles. The molecule has 3 heterocycles. The molecular formula is C20H25ClFN5O3. The van der Waals surface area contributed by atoms with Crippen LogP contribution in [0.15, 0.2) is 23.0 Å². The van der Waals surface area contributed by atoms with Crippen LogP contribution in [0.1, 0.15) is 30.1 Å². The fourth-order valence-corrected chi connectivity index (χ4v) is 4.20.